The van der Waals surface area contributed by atoms with Gasteiger partial charge in [0.05, 0.1) is 31.9 Å². The second-order valence-corrected chi connectivity index (χ2v) is 24.2. The van der Waals surface area contributed by atoms with E-state index in [0.29, 0.717) is 18.4 Å². The Balaban J connectivity index is 2.31. The largest absolute Gasteiger partial charge is 0.508 e. The van der Waals surface area contributed by atoms with Crippen molar-refractivity contribution < 1.29 is 78.3 Å². The summed E-state index contributed by atoms with van der Waals surface area (Å²) in [5.41, 5.74) is 17.7. The second kappa shape index (κ2) is 39.0. The molecular weight excluding hydrogens is 1150 g/mol. The van der Waals surface area contributed by atoms with Gasteiger partial charge < -0.3 is 95.5 Å². The summed E-state index contributed by atoms with van der Waals surface area (Å²) in [6, 6.07) is -8.25. The van der Waals surface area contributed by atoms with Crippen LogP contribution in [0.3, 0.4) is 0 Å². The molecule has 21 N–H and O–H groups in total. The first-order valence-corrected chi connectivity index (χ1v) is 30.2. The van der Waals surface area contributed by atoms with Gasteiger partial charge in [0.15, 0.2) is 0 Å². The molecule has 0 saturated carbocycles. The number of hydrogen-bond acceptors (Lipinski definition) is 19. The maximum absolute atomic E-state index is 14.6. The number of benzene rings is 1. The maximum atomic E-state index is 14.6. The number of rotatable bonds is 40. The molecule has 1 fully saturated rings. The van der Waals surface area contributed by atoms with Crippen molar-refractivity contribution in [2.24, 2.45) is 40.9 Å². The van der Waals surface area contributed by atoms with Crippen molar-refractivity contribution in [3.63, 3.8) is 0 Å². The molecule has 10 amide bonds. The van der Waals surface area contributed by atoms with Crippen molar-refractivity contribution in [1.82, 2.24) is 58.1 Å². The van der Waals surface area contributed by atoms with Gasteiger partial charge in [0.2, 0.25) is 59.1 Å². The number of aliphatic hydroxyl groups excluding tert-OH is 3. The summed E-state index contributed by atoms with van der Waals surface area (Å²) in [5, 5.41) is 75.3. The Morgan fingerprint density at radius 1 is 0.523 bits per heavy atom. The van der Waals surface area contributed by atoms with E-state index in [-0.39, 0.29) is 93.9 Å². The van der Waals surface area contributed by atoms with Gasteiger partial charge in [0.1, 0.15) is 66.4 Å². The van der Waals surface area contributed by atoms with E-state index in [1.807, 2.05) is 13.8 Å². The predicted octanol–water partition coefficient (Wildman–Crippen LogP) is -3.77. The van der Waals surface area contributed by atoms with Gasteiger partial charge in [0.25, 0.3) is 0 Å². The zero-order chi connectivity index (χ0) is 66.5. The molecule has 2 rings (SSSR count). The molecule has 1 heterocycles. The maximum Gasteiger partial charge on any atom is 0.303 e. The topological polar surface area (TPSA) is 491 Å². The first-order chi connectivity index (χ1) is 41.3. The van der Waals surface area contributed by atoms with E-state index in [2.05, 4.69) is 53.2 Å². The van der Waals surface area contributed by atoms with E-state index < -0.39 is 164 Å². The Kier molecular flexibility index (Phi) is 34.2. The molecule has 1 aliphatic heterocycles. The number of phenols is 1. The van der Waals surface area contributed by atoms with Crippen molar-refractivity contribution in [2.75, 3.05) is 32.9 Å². The first kappa shape index (κ1) is 77.0. The van der Waals surface area contributed by atoms with E-state index in [4.69, 9.17) is 22.3 Å². The minimum atomic E-state index is -1.68. The second-order valence-electron chi connectivity index (χ2n) is 24.2. The summed E-state index contributed by atoms with van der Waals surface area (Å²) in [6.45, 7) is 13.8. The SMILES string of the molecule is CC(C)C[C@@H](CO)NC(=O)[C@H](CO)NC(=O)[C@H](CCCNC(N)N)NC(=O)[C@H](CC(C)C)NC(=O)[C@H](CO)NC(=O)[C@H](C)NC(=O)[C@H](CC(C)C)NC(=O)[C@@H]1CCCN1C(=O)[C@H](Cc1ccc(O)cc1)NC(=O)[C@H](CC(C)C)NC(=O)[C@@H](N)CCC(=O)O. The van der Waals surface area contributed by atoms with Crippen molar-refractivity contribution in [1.29, 1.82) is 0 Å². The number of carbonyl (C=O) groups is 11. The third-order valence-corrected chi connectivity index (χ3v) is 14.2. The number of nitrogens with zero attached hydrogens (tertiary/aromatic N) is 1. The van der Waals surface area contributed by atoms with Gasteiger partial charge in [-0.3, -0.25) is 58.1 Å². The number of aromatic hydroxyl groups is 1. The first-order valence-electron chi connectivity index (χ1n) is 30.2. The van der Waals surface area contributed by atoms with Gasteiger partial charge in [-0.25, -0.2) is 0 Å². The van der Waals surface area contributed by atoms with E-state index in [1.54, 1.807) is 53.7 Å². The van der Waals surface area contributed by atoms with Crippen LogP contribution < -0.4 is 70.4 Å². The number of carbonyl (C=O) groups excluding carboxylic acids is 10. The van der Waals surface area contributed by atoms with Crippen LogP contribution in [0.1, 0.15) is 132 Å². The van der Waals surface area contributed by atoms with Crippen LogP contribution >= 0.6 is 0 Å². The van der Waals surface area contributed by atoms with Gasteiger partial charge in [-0.05, 0) is 113 Å². The van der Waals surface area contributed by atoms with Crippen LogP contribution in [-0.2, 0) is 59.2 Å². The number of phenolic OH excluding ortho intramolecular Hbond substituents is 1. The van der Waals surface area contributed by atoms with Crippen molar-refractivity contribution in [2.45, 2.75) is 206 Å². The highest BCUT2D eigenvalue weighted by Crippen LogP contribution is 2.22. The van der Waals surface area contributed by atoms with Gasteiger partial charge in [0, 0.05) is 19.4 Å². The van der Waals surface area contributed by atoms with Crippen LogP contribution in [-0.4, -0.2) is 201 Å². The third-order valence-electron chi connectivity index (χ3n) is 14.2. The van der Waals surface area contributed by atoms with Gasteiger partial charge in [-0.2, -0.15) is 0 Å². The smallest absolute Gasteiger partial charge is 0.303 e. The van der Waals surface area contributed by atoms with Crippen molar-refractivity contribution in [3.8, 4) is 5.75 Å². The normalized spacial score (nSPS) is 16.7. The molecule has 30 heteroatoms. The molecule has 30 nitrogen and oxygen atoms in total. The highest BCUT2D eigenvalue weighted by Gasteiger charge is 2.41. The molecule has 1 saturated heterocycles. The van der Waals surface area contributed by atoms with Crippen LogP contribution in [0.2, 0.25) is 0 Å². The Labute approximate surface area is 514 Å². The minimum Gasteiger partial charge on any atom is -0.508 e. The van der Waals surface area contributed by atoms with Gasteiger partial charge >= 0.3 is 5.97 Å². The molecule has 0 radical (unpaired) electrons. The Hall–Kier alpha value is -7.09. The van der Waals surface area contributed by atoms with Crippen molar-refractivity contribution >= 4 is 65.0 Å². The average molecular weight is 1250 g/mol. The van der Waals surface area contributed by atoms with Gasteiger partial charge in [-0.15, -0.1) is 0 Å². The fourth-order valence-electron chi connectivity index (χ4n) is 9.68. The number of nitrogens with one attached hydrogen (secondary N) is 10. The molecule has 1 aliphatic rings. The highest BCUT2D eigenvalue weighted by atomic mass is 16.4. The van der Waals surface area contributed by atoms with Gasteiger partial charge in [-0.1, -0.05) is 67.5 Å². The quantitative estimate of drug-likeness (QED) is 0.0222. The molecule has 0 unspecified atom stereocenters. The monoisotopic (exact) mass is 1250 g/mol. The third kappa shape index (κ3) is 27.9. The number of nitrogens with two attached hydrogens (primary N) is 3. The fourth-order valence-corrected chi connectivity index (χ4v) is 9.68. The Morgan fingerprint density at radius 3 is 1.47 bits per heavy atom. The number of aliphatic carboxylic acids is 1. The van der Waals surface area contributed by atoms with Crippen LogP contribution in [0, 0.1) is 23.7 Å². The fraction of sp³-hybridized carbons (Fsp3) is 0.707. The van der Waals surface area contributed by atoms with Crippen LogP contribution in [0.4, 0.5) is 0 Å². The highest BCUT2D eigenvalue weighted by molar-refractivity contribution is 5.99. The van der Waals surface area contributed by atoms with E-state index >= 15 is 0 Å². The zero-order valence-electron chi connectivity index (χ0n) is 52.3. The van der Waals surface area contributed by atoms with E-state index in [9.17, 15) is 73.2 Å². The molecule has 88 heavy (non-hydrogen) atoms. The van der Waals surface area contributed by atoms with Crippen LogP contribution in [0.25, 0.3) is 0 Å². The lowest BCUT2D eigenvalue weighted by Crippen LogP contribution is -2.61. The summed E-state index contributed by atoms with van der Waals surface area (Å²) in [5.74, 6) is -9.94. The summed E-state index contributed by atoms with van der Waals surface area (Å²) in [4.78, 5) is 151. The molecule has 0 spiro atoms. The van der Waals surface area contributed by atoms with E-state index in [0.717, 1.165) is 0 Å². The lowest BCUT2D eigenvalue weighted by molar-refractivity contribution is -0.142. The lowest BCUT2D eigenvalue weighted by Gasteiger charge is -2.31. The molecule has 1 aromatic rings. The number of carboxylic acid groups (broad SMARTS) is 1. The molecule has 1 aromatic carbocycles. The molecule has 0 aromatic heterocycles. The number of likely N-dealkylation sites (tertiary alicyclic amines) is 1. The lowest BCUT2D eigenvalue weighted by atomic mass is 9.99. The Bertz CT molecular complexity index is 2450. The molecule has 498 valence electrons. The zero-order valence-corrected chi connectivity index (χ0v) is 52.3. The predicted molar refractivity (Wildman–Crippen MR) is 323 cm³/mol. The molecule has 0 bridgehead atoms. The summed E-state index contributed by atoms with van der Waals surface area (Å²) < 4.78 is 0. The summed E-state index contributed by atoms with van der Waals surface area (Å²) in [6.07, 6.45) is -0.347. The van der Waals surface area contributed by atoms with Crippen molar-refractivity contribution in [3.05, 3.63) is 29.8 Å². The molecule has 0 aliphatic carbocycles. The number of aliphatic hydroxyl groups is 3. The number of amides is 10. The van der Waals surface area contributed by atoms with E-state index in [1.165, 1.54) is 24.0 Å². The summed E-state index contributed by atoms with van der Waals surface area (Å²) in [7, 11) is 0. The molecule has 11 atom stereocenters. The molecular formula is C58H100N14O16. The van der Waals surface area contributed by atoms with Crippen LogP contribution in [0.15, 0.2) is 24.3 Å². The Morgan fingerprint density at radius 2 is 0.966 bits per heavy atom. The standard InChI is InChI=1S/C58H100N14O16/c1-30(2)22-36(27-73)64-54(85)44(28-74)71-50(81)39(12-10-20-62-58(60)61)65-52(83)42(25-33(7)8)67-55(86)45(29-75)70-48(79)34(9)63-51(82)40(23-31(3)4)68-56(87)46-13-11-21-72(46)57(88)43(26-35-14-16-37(76)17-15-35)69-53(84)41(24-32(5)6)66-49(80)38(59)18-19-47(77)78/h14-17,30-34,36,38-46,58,62,73-76H,10-13,18-29,59-61H2,1-9H3,(H,63,82)(H,64,85)(H,65,83)(H,66,80)(H,67,86)(H,68,87)(H,69,84)(H,70,79)(H,71,81)(H,77,78)/t34-,36-,38-,39-,40-,41-,42-,43-,44-,45-,46-/m0/s1. The average Bonchev–Trinajstić information content (AvgIpc) is 4.13. The number of hydrogen-bond donors (Lipinski definition) is 18. The summed E-state index contributed by atoms with van der Waals surface area (Å²) >= 11 is 0. The minimum absolute atomic E-state index is 0.00355. The van der Waals surface area contributed by atoms with Crippen LogP contribution in [0.5, 0.6) is 5.75 Å². The number of carboxylic acids is 1.